The lowest BCUT2D eigenvalue weighted by molar-refractivity contribution is -0.122. The van der Waals surface area contributed by atoms with Crippen molar-refractivity contribution in [3.05, 3.63) is 36.0 Å². The van der Waals surface area contributed by atoms with Crippen LogP contribution in [0.5, 0.6) is 0 Å². The van der Waals surface area contributed by atoms with Crippen molar-refractivity contribution in [1.29, 1.82) is 0 Å². The molecule has 1 nitrogen and oxygen atoms in total. The molecule has 0 aromatic rings. The van der Waals surface area contributed by atoms with Crippen molar-refractivity contribution in [2.24, 2.45) is 11.3 Å². The summed E-state index contributed by atoms with van der Waals surface area (Å²) < 4.78 is 0. The monoisotopic (exact) mass is 218 g/mol. The summed E-state index contributed by atoms with van der Waals surface area (Å²) >= 11 is 0. The van der Waals surface area contributed by atoms with Crippen LogP contribution in [0.3, 0.4) is 0 Å². The van der Waals surface area contributed by atoms with Crippen LogP contribution in [0.1, 0.15) is 40.5 Å². The van der Waals surface area contributed by atoms with E-state index < -0.39 is 0 Å². The molecule has 0 spiro atoms. The smallest absolute Gasteiger partial charge is 0.166 e. The van der Waals surface area contributed by atoms with Gasteiger partial charge in [0.05, 0.1) is 5.92 Å². The highest BCUT2D eigenvalue weighted by Crippen LogP contribution is 2.45. The Balaban J connectivity index is 3.22. The van der Waals surface area contributed by atoms with Crippen LogP contribution in [-0.4, -0.2) is 5.78 Å². The number of hydrogen-bond acceptors (Lipinski definition) is 1. The second-order valence-electron chi connectivity index (χ2n) is 5.33. The fourth-order valence-electron chi connectivity index (χ4n) is 2.64. The average molecular weight is 218 g/mol. The van der Waals surface area contributed by atoms with Crippen LogP contribution in [0, 0.1) is 11.3 Å². The number of carbonyl (C=O) groups excluding carboxylic acids is 1. The van der Waals surface area contributed by atoms with E-state index in [4.69, 9.17) is 0 Å². The van der Waals surface area contributed by atoms with Crippen LogP contribution in [0.4, 0.5) is 0 Å². The molecule has 0 aromatic carbocycles. The third kappa shape index (κ3) is 2.04. The summed E-state index contributed by atoms with van der Waals surface area (Å²) in [6.07, 6.45) is 3.78. The highest BCUT2D eigenvalue weighted by Gasteiger charge is 2.42. The van der Waals surface area contributed by atoms with Gasteiger partial charge in [-0.25, -0.2) is 0 Å². The minimum absolute atomic E-state index is 0.0938. The predicted molar refractivity (Wildman–Crippen MR) is 69.2 cm³/mol. The Bertz CT molecular complexity index is 369. The van der Waals surface area contributed by atoms with Gasteiger partial charge in [-0.05, 0) is 44.6 Å². The van der Waals surface area contributed by atoms with E-state index in [-0.39, 0.29) is 17.1 Å². The first-order chi connectivity index (χ1) is 7.33. The summed E-state index contributed by atoms with van der Waals surface area (Å²) in [7, 11) is 0. The fourth-order valence-corrected chi connectivity index (χ4v) is 2.64. The van der Waals surface area contributed by atoms with E-state index >= 15 is 0 Å². The third-order valence-corrected chi connectivity index (χ3v) is 3.70. The average Bonchev–Trinajstić information content (AvgIpc) is 2.16. The fraction of sp³-hybridized carbons (Fsp3) is 0.533. The molecule has 88 valence electrons. The molecule has 1 aliphatic carbocycles. The zero-order valence-electron chi connectivity index (χ0n) is 10.9. The van der Waals surface area contributed by atoms with E-state index in [1.807, 2.05) is 26.8 Å². The molecular formula is C15H22O. The van der Waals surface area contributed by atoms with Gasteiger partial charge in [0, 0.05) is 0 Å². The van der Waals surface area contributed by atoms with Gasteiger partial charge in [-0.15, -0.1) is 6.58 Å². The van der Waals surface area contributed by atoms with Gasteiger partial charge in [-0.3, -0.25) is 4.79 Å². The number of ketones is 1. The van der Waals surface area contributed by atoms with Crippen molar-refractivity contribution in [3.63, 3.8) is 0 Å². The van der Waals surface area contributed by atoms with Gasteiger partial charge in [0.15, 0.2) is 5.78 Å². The molecular weight excluding hydrogens is 196 g/mol. The quantitative estimate of drug-likeness (QED) is 0.504. The summed E-state index contributed by atoms with van der Waals surface area (Å²) in [4.78, 5) is 12.4. The lowest BCUT2D eigenvalue weighted by Gasteiger charge is -2.40. The largest absolute Gasteiger partial charge is 0.294 e. The number of allylic oxidation sites excluding steroid dienone is 4. The normalized spacial score (nSPS) is 30.1. The van der Waals surface area contributed by atoms with Gasteiger partial charge in [0.2, 0.25) is 0 Å². The molecule has 0 saturated heterocycles. The van der Waals surface area contributed by atoms with Crippen molar-refractivity contribution in [1.82, 2.24) is 0 Å². The number of hydrogen-bond donors (Lipinski definition) is 0. The van der Waals surface area contributed by atoms with Crippen LogP contribution in [0.15, 0.2) is 36.0 Å². The molecule has 16 heavy (non-hydrogen) atoms. The number of Topliss-reactive ketones (excluding diaryl/α,β-unsaturated/α-hetero) is 1. The Morgan fingerprint density at radius 2 is 2.00 bits per heavy atom. The van der Waals surface area contributed by atoms with E-state index in [9.17, 15) is 4.79 Å². The molecule has 0 amide bonds. The maximum Gasteiger partial charge on any atom is 0.166 e. The molecule has 1 rings (SSSR count). The van der Waals surface area contributed by atoms with Gasteiger partial charge in [-0.2, -0.15) is 0 Å². The van der Waals surface area contributed by atoms with E-state index in [0.717, 1.165) is 29.6 Å². The van der Waals surface area contributed by atoms with Crippen LogP contribution in [0.2, 0.25) is 0 Å². The first kappa shape index (κ1) is 13.0. The standard InChI is InChI=1S/C15H22O/c1-7-15(6)9-8-12(10(2)3)14(16)13(15)11(4)5/h7,13H,1,4,8-9H2,2-3,5-6H3/t13-,15+/m1/s1. The molecule has 0 N–H and O–H groups in total. The van der Waals surface area contributed by atoms with E-state index in [1.54, 1.807) is 0 Å². The zero-order valence-corrected chi connectivity index (χ0v) is 10.9. The Morgan fingerprint density at radius 3 is 2.38 bits per heavy atom. The molecule has 0 radical (unpaired) electrons. The molecule has 0 bridgehead atoms. The van der Waals surface area contributed by atoms with E-state index in [2.05, 4.69) is 20.1 Å². The summed E-state index contributed by atoms with van der Waals surface area (Å²) in [5.74, 6) is 0.157. The number of rotatable bonds is 2. The van der Waals surface area contributed by atoms with Gasteiger partial charge < -0.3 is 0 Å². The molecule has 1 fully saturated rings. The Labute approximate surface area is 98.9 Å². The molecule has 0 unspecified atom stereocenters. The molecule has 0 heterocycles. The second kappa shape index (κ2) is 4.40. The summed E-state index contributed by atoms with van der Waals surface area (Å²) in [6.45, 7) is 15.9. The lowest BCUT2D eigenvalue weighted by Crippen LogP contribution is -2.38. The van der Waals surface area contributed by atoms with Gasteiger partial charge in [-0.1, -0.05) is 30.7 Å². The first-order valence-corrected chi connectivity index (χ1v) is 5.83. The van der Waals surface area contributed by atoms with Crippen LogP contribution in [0.25, 0.3) is 0 Å². The minimum Gasteiger partial charge on any atom is -0.294 e. The van der Waals surface area contributed by atoms with Crippen molar-refractivity contribution < 1.29 is 4.79 Å². The maximum atomic E-state index is 12.4. The second-order valence-corrected chi connectivity index (χ2v) is 5.33. The van der Waals surface area contributed by atoms with Crippen molar-refractivity contribution in [2.75, 3.05) is 0 Å². The zero-order chi connectivity index (χ0) is 12.5. The van der Waals surface area contributed by atoms with Crippen molar-refractivity contribution >= 4 is 5.78 Å². The summed E-state index contributed by atoms with van der Waals surface area (Å²) in [5.41, 5.74) is 2.96. The SMILES string of the molecule is C=C[C@@]1(C)CCC(=C(C)C)C(=O)[C@H]1C(=C)C. The highest BCUT2D eigenvalue weighted by molar-refractivity contribution is 6.00. The molecule has 1 saturated carbocycles. The highest BCUT2D eigenvalue weighted by atomic mass is 16.1. The Morgan fingerprint density at radius 1 is 1.44 bits per heavy atom. The molecule has 2 atom stereocenters. The van der Waals surface area contributed by atoms with E-state index in [1.165, 1.54) is 0 Å². The first-order valence-electron chi connectivity index (χ1n) is 5.83. The van der Waals surface area contributed by atoms with Crippen LogP contribution < -0.4 is 0 Å². The molecule has 0 aromatic heterocycles. The molecule has 0 aliphatic heterocycles. The van der Waals surface area contributed by atoms with Crippen LogP contribution in [-0.2, 0) is 4.79 Å². The van der Waals surface area contributed by atoms with Crippen molar-refractivity contribution in [3.8, 4) is 0 Å². The predicted octanol–water partition coefficient (Wildman–Crippen LogP) is 4.07. The summed E-state index contributed by atoms with van der Waals surface area (Å²) in [5, 5.41) is 0. The van der Waals surface area contributed by atoms with Crippen LogP contribution >= 0.6 is 0 Å². The van der Waals surface area contributed by atoms with E-state index in [0.29, 0.717) is 0 Å². The molecule has 1 aliphatic rings. The topological polar surface area (TPSA) is 17.1 Å². The number of carbonyl (C=O) groups is 1. The van der Waals surface area contributed by atoms with Gasteiger partial charge in [0.1, 0.15) is 0 Å². The Kier molecular flexibility index (Phi) is 3.57. The Hall–Kier alpha value is -1.11. The van der Waals surface area contributed by atoms with Gasteiger partial charge in [0.25, 0.3) is 0 Å². The lowest BCUT2D eigenvalue weighted by atomic mass is 9.63. The van der Waals surface area contributed by atoms with Gasteiger partial charge >= 0.3 is 0 Å². The minimum atomic E-state index is -0.123. The molecule has 1 heteroatoms. The third-order valence-electron chi connectivity index (χ3n) is 3.70. The maximum absolute atomic E-state index is 12.4. The summed E-state index contributed by atoms with van der Waals surface area (Å²) in [6, 6.07) is 0. The van der Waals surface area contributed by atoms with Crippen molar-refractivity contribution in [2.45, 2.75) is 40.5 Å².